The first kappa shape index (κ1) is 17.8. The number of aliphatic carboxylic acids is 1. The van der Waals surface area contributed by atoms with Crippen LogP contribution in [-0.4, -0.2) is 54.7 Å². The molecule has 2 N–H and O–H groups in total. The first-order valence-corrected chi connectivity index (χ1v) is 7.70. The van der Waals surface area contributed by atoms with E-state index in [1.54, 1.807) is 19.3 Å². The van der Waals surface area contributed by atoms with Crippen LogP contribution in [0.5, 0.6) is 11.5 Å². The number of ether oxygens (including phenoxy) is 2. The van der Waals surface area contributed by atoms with Crippen LogP contribution in [0.2, 0.25) is 0 Å². The van der Waals surface area contributed by atoms with E-state index in [0.29, 0.717) is 37.7 Å². The number of nitrogens with one attached hydrogen (secondary N) is 1. The largest absolute Gasteiger partial charge is 0.493 e. The molecular weight excluding hydrogens is 312 g/mol. The Morgan fingerprint density at radius 3 is 3.00 bits per heavy atom. The van der Waals surface area contributed by atoms with E-state index in [1.165, 1.54) is 0 Å². The molecule has 1 heterocycles. The molecule has 0 bridgehead atoms. The molecule has 1 saturated heterocycles. The molecule has 2 rings (SSSR count). The number of carboxylic acid groups (broad SMARTS) is 1. The lowest BCUT2D eigenvalue weighted by Gasteiger charge is -2.34. The van der Waals surface area contributed by atoms with Gasteiger partial charge in [0.05, 0.1) is 13.5 Å². The van der Waals surface area contributed by atoms with Crippen LogP contribution < -0.4 is 14.8 Å². The lowest BCUT2D eigenvalue weighted by Crippen LogP contribution is -2.55. The number of benzene rings is 1. The number of carbonyl (C=O) groups excluding carboxylic acids is 1. The number of piperazine rings is 1. The third-order valence-electron chi connectivity index (χ3n) is 3.81. The molecule has 7 heteroatoms. The highest BCUT2D eigenvalue weighted by atomic mass is 16.5. The van der Waals surface area contributed by atoms with Gasteiger partial charge in [-0.15, -0.1) is 0 Å². The molecule has 0 aliphatic carbocycles. The highest BCUT2D eigenvalue weighted by Crippen LogP contribution is 2.32. The summed E-state index contributed by atoms with van der Waals surface area (Å²) in [4.78, 5) is 24.9. The zero-order valence-electron chi connectivity index (χ0n) is 13.7. The van der Waals surface area contributed by atoms with Gasteiger partial charge >= 0.3 is 5.97 Å². The minimum Gasteiger partial charge on any atom is -0.493 e. The lowest BCUT2D eigenvalue weighted by molar-refractivity contribution is -0.143. The molecule has 1 aromatic rings. The van der Waals surface area contributed by atoms with Crippen molar-refractivity contribution in [3.8, 4) is 11.5 Å². The van der Waals surface area contributed by atoms with Gasteiger partial charge in [-0.25, -0.2) is 0 Å². The molecule has 1 aliphatic rings. The predicted octanol–water partition coefficient (Wildman–Crippen LogP) is 1.04. The van der Waals surface area contributed by atoms with E-state index in [4.69, 9.17) is 14.6 Å². The lowest BCUT2D eigenvalue weighted by atomic mass is 10.1. The van der Waals surface area contributed by atoms with Gasteiger partial charge in [0, 0.05) is 25.2 Å². The van der Waals surface area contributed by atoms with Crippen molar-refractivity contribution in [1.82, 2.24) is 10.2 Å². The Bertz CT molecular complexity index is 617. The van der Waals surface area contributed by atoms with E-state index in [1.807, 2.05) is 17.0 Å². The summed E-state index contributed by atoms with van der Waals surface area (Å²) in [5, 5.41) is 11.8. The molecule has 0 saturated carbocycles. The Hall–Kier alpha value is -2.54. The normalized spacial score (nSPS) is 17.9. The average molecular weight is 334 g/mol. The number of carboxylic acids is 1. The standard InChI is InChI=1S/C17H22N2O5/c1-3-9-24-16-12(5-4-6-14(16)23-2)11-19-8-7-18-17(22)13(19)10-15(20)21/h3-6,13H,1,7-11H2,2H3,(H,18,22)(H,20,21). The summed E-state index contributed by atoms with van der Waals surface area (Å²) in [5.74, 6) is -0.0959. The fourth-order valence-corrected chi connectivity index (χ4v) is 2.71. The van der Waals surface area contributed by atoms with Gasteiger partial charge in [-0.05, 0) is 6.07 Å². The second-order valence-electron chi connectivity index (χ2n) is 5.42. The maximum absolute atomic E-state index is 12.0. The van der Waals surface area contributed by atoms with Crippen molar-refractivity contribution in [1.29, 1.82) is 0 Å². The Balaban J connectivity index is 2.25. The third kappa shape index (κ3) is 4.26. The Morgan fingerprint density at radius 1 is 1.54 bits per heavy atom. The van der Waals surface area contributed by atoms with Gasteiger partial charge in [0.25, 0.3) is 0 Å². The quantitative estimate of drug-likeness (QED) is 0.691. The molecule has 7 nitrogen and oxygen atoms in total. The third-order valence-corrected chi connectivity index (χ3v) is 3.81. The highest BCUT2D eigenvalue weighted by molar-refractivity contribution is 5.86. The molecule has 1 amide bonds. The topological polar surface area (TPSA) is 88.1 Å². The SMILES string of the molecule is C=CCOc1c(CN2CCNC(=O)C2CC(=O)O)cccc1OC. The molecule has 0 spiro atoms. The van der Waals surface area contributed by atoms with E-state index in [9.17, 15) is 9.59 Å². The monoisotopic (exact) mass is 334 g/mol. The number of rotatable bonds is 8. The van der Waals surface area contributed by atoms with Gasteiger partial charge in [0.15, 0.2) is 11.5 Å². The number of para-hydroxylation sites is 1. The summed E-state index contributed by atoms with van der Waals surface area (Å²) >= 11 is 0. The average Bonchev–Trinajstić information content (AvgIpc) is 2.56. The van der Waals surface area contributed by atoms with Crippen molar-refractivity contribution < 1.29 is 24.2 Å². The van der Waals surface area contributed by atoms with Crippen LogP contribution >= 0.6 is 0 Å². The van der Waals surface area contributed by atoms with Gasteiger partial charge in [-0.2, -0.15) is 0 Å². The summed E-state index contributed by atoms with van der Waals surface area (Å²) in [6.07, 6.45) is 1.40. The minimum atomic E-state index is -1.00. The van der Waals surface area contributed by atoms with Crippen LogP contribution in [0.15, 0.2) is 30.9 Å². The van der Waals surface area contributed by atoms with Crippen molar-refractivity contribution in [3.63, 3.8) is 0 Å². The number of amides is 1. The number of carbonyl (C=O) groups is 2. The maximum Gasteiger partial charge on any atom is 0.305 e. The molecule has 1 fully saturated rings. The van der Waals surface area contributed by atoms with Gasteiger partial charge in [0.2, 0.25) is 5.91 Å². The first-order valence-electron chi connectivity index (χ1n) is 7.70. The zero-order valence-corrected chi connectivity index (χ0v) is 13.7. The molecule has 1 atom stereocenters. The number of hydrogen-bond acceptors (Lipinski definition) is 5. The Morgan fingerprint density at radius 2 is 2.33 bits per heavy atom. The van der Waals surface area contributed by atoms with Crippen molar-refractivity contribution in [3.05, 3.63) is 36.4 Å². The van der Waals surface area contributed by atoms with Crippen molar-refractivity contribution >= 4 is 11.9 Å². The van der Waals surface area contributed by atoms with Gasteiger partial charge < -0.3 is 19.9 Å². The molecule has 1 aromatic carbocycles. The number of hydrogen-bond donors (Lipinski definition) is 2. The van der Waals surface area contributed by atoms with E-state index >= 15 is 0 Å². The van der Waals surface area contributed by atoms with Crippen LogP contribution in [0.25, 0.3) is 0 Å². The summed E-state index contributed by atoms with van der Waals surface area (Å²) < 4.78 is 11.0. The highest BCUT2D eigenvalue weighted by Gasteiger charge is 2.32. The molecule has 130 valence electrons. The van der Waals surface area contributed by atoms with E-state index in [0.717, 1.165) is 5.56 Å². The van der Waals surface area contributed by atoms with Crippen LogP contribution in [-0.2, 0) is 16.1 Å². The second kappa shape index (κ2) is 8.35. The van der Waals surface area contributed by atoms with Crippen LogP contribution in [0.4, 0.5) is 0 Å². The fraction of sp³-hybridized carbons (Fsp3) is 0.412. The van der Waals surface area contributed by atoms with Crippen molar-refractivity contribution in [2.45, 2.75) is 19.0 Å². The minimum absolute atomic E-state index is 0.237. The number of methoxy groups -OCH3 is 1. The van der Waals surface area contributed by atoms with Crippen LogP contribution in [0.3, 0.4) is 0 Å². The zero-order chi connectivity index (χ0) is 17.5. The number of nitrogens with zero attached hydrogens (tertiary/aromatic N) is 1. The van der Waals surface area contributed by atoms with Crippen LogP contribution in [0.1, 0.15) is 12.0 Å². The molecular formula is C17H22N2O5. The fourth-order valence-electron chi connectivity index (χ4n) is 2.71. The van der Waals surface area contributed by atoms with Crippen LogP contribution in [0, 0.1) is 0 Å². The Labute approximate surface area is 140 Å². The second-order valence-corrected chi connectivity index (χ2v) is 5.42. The molecule has 24 heavy (non-hydrogen) atoms. The van der Waals surface area contributed by atoms with E-state index < -0.39 is 12.0 Å². The van der Waals surface area contributed by atoms with Crippen molar-refractivity contribution in [2.75, 3.05) is 26.8 Å². The summed E-state index contributed by atoms with van der Waals surface area (Å²) in [5.41, 5.74) is 0.835. The Kier molecular flexibility index (Phi) is 6.20. The van der Waals surface area contributed by atoms with Crippen molar-refractivity contribution in [2.24, 2.45) is 0 Å². The molecule has 1 unspecified atom stereocenters. The van der Waals surface area contributed by atoms with Gasteiger partial charge in [-0.3, -0.25) is 14.5 Å². The molecule has 0 aromatic heterocycles. The van der Waals surface area contributed by atoms with Gasteiger partial charge in [0.1, 0.15) is 12.6 Å². The van der Waals surface area contributed by atoms with E-state index in [-0.39, 0.29) is 12.3 Å². The van der Waals surface area contributed by atoms with E-state index in [2.05, 4.69) is 11.9 Å². The maximum atomic E-state index is 12.0. The van der Waals surface area contributed by atoms with Gasteiger partial charge in [-0.1, -0.05) is 24.8 Å². The summed E-state index contributed by atoms with van der Waals surface area (Å²) in [6, 6.07) is 4.81. The summed E-state index contributed by atoms with van der Waals surface area (Å²) in [7, 11) is 1.56. The predicted molar refractivity (Wildman–Crippen MR) is 88.1 cm³/mol. The molecule has 1 aliphatic heterocycles. The molecule has 0 radical (unpaired) electrons. The smallest absolute Gasteiger partial charge is 0.305 e. The first-order chi connectivity index (χ1) is 11.6. The summed E-state index contributed by atoms with van der Waals surface area (Å²) in [6.45, 7) is 5.42.